The van der Waals surface area contributed by atoms with Crippen molar-refractivity contribution < 1.29 is 9.84 Å². The summed E-state index contributed by atoms with van der Waals surface area (Å²) in [6.07, 6.45) is -0.503. The van der Waals surface area contributed by atoms with Crippen molar-refractivity contribution in [3.05, 3.63) is 58.6 Å². The Morgan fingerprint density at radius 3 is 2.31 bits per heavy atom. The van der Waals surface area contributed by atoms with Crippen LogP contribution in [0.5, 0.6) is 5.75 Å². The molecule has 1 saturated heterocycles. The molecule has 5 heteroatoms. The number of aliphatic hydroxyl groups excluding tert-OH is 1. The van der Waals surface area contributed by atoms with Crippen LogP contribution in [-0.4, -0.2) is 55.4 Å². The van der Waals surface area contributed by atoms with Gasteiger partial charge in [0, 0.05) is 43.4 Å². The second-order valence-electron chi connectivity index (χ2n) is 8.96. The van der Waals surface area contributed by atoms with Gasteiger partial charge in [-0.2, -0.15) is 0 Å². The largest absolute Gasteiger partial charge is 0.491 e. The van der Waals surface area contributed by atoms with Crippen molar-refractivity contribution in [2.45, 2.75) is 39.2 Å². The second-order valence-corrected chi connectivity index (χ2v) is 9.39. The van der Waals surface area contributed by atoms with Gasteiger partial charge in [0.25, 0.3) is 0 Å². The van der Waals surface area contributed by atoms with Crippen LogP contribution in [0, 0.1) is 6.92 Å². The summed E-state index contributed by atoms with van der Waals surface area (Å²) in [5, 5.41) is 11.2. The minimum Gasteiger partial charge on any atom is -0.491 e. The molecule has 0 amide bonds. The molecule has 1 aliphatic heterocycles. The van der Waals surface area contributed by atoms with Crippen LogP contribution >= 0.6 is 11.6 Å². The number of ether oxygens (including phenoxy) is 1. The van der Waals surface area contributed by atoms with Crippen molar-refractivity contribution in [3.63, 3.8) is 0 Å². The number of anilines is 1. The van der Waals surface area contributed by atoms with E-state index in [1.165, 1.54) is 16.8 Å². The number of rotatable bonds is 6. The molecule has 29 heavy (non-hydrogen) atoms. The van der Waals surface area contributed by atoms with E-state index in [9.17, 15) is 5.11 Å². The number of hydrogen-bond donors (Lipinski definition) is 1. The van der Waals surface area contributed by atoms with Crippen molar-refractivity contribution in [1.29, 1.82) is 0 Å². The molecule has 1 fully saturated rings. The summed E-state index contributed by atoms with van der Waals surface area (Å²) < 4.78 is 5.79. The molecule has 4 nitrogen and oxygen atoms in total. The lowest BCUT2D eigenvalue weighted by atomic mass is 9.87. The maximum absolute atomic E-state index is 10.4. The van der Waals surface area contributed by atoms with E-state index in [2.05, 4.69) is 55.7 Å². The fourth-order valence-electron chi connectivity index (χ4n) is 3.69. The highest BCUT2D eigenvalue weighted by atomic mass is 35.5. The van der Waals surface area contributed by atoms with Gasteiger partial charge in [-0.3, -0.25) is 4.90 Å². The van der Waals surface area contributed by atoms with Crippen LogP contribution < -0.4 is 9.64 Å². The van der Waals surface area contributed by atoms with Gasteiger partial charge in [-0.05, 0) is 47.7 Å². The van der Waals surface area contributed by atoms with E-state index in [0.717, 1.165) is 37.0 Å². The quantitative estimate of drug-likeness (QED) is 0.751. The average molecular weight is 417 g/mol. The van der Waals surface area contributed by atoms with E-state index < -0.39 is 6.10 Å². The fraction of sp³-hybridized carbons (Fsp3) is 0.500. The molecule has 0 aromatic heterocycles. The number of hydrogen-bond acceptors (Lipinski definition) is 4. The summed E-state index contributed by atoms with van der Waals surface area (Å²) in [6, 6.07) is 14.2. The van der Waals surface area contributed by atoms with Crippen LogP contribution in [-0.2, 0) is 5.41 Å². The maximum atomic E-state index is 10.4. The third-order valence-corrected chi connectivity index (χ3v) is 5.75. The molecule has 1 heterocycles. The first-order chi connectivity index (χ1) is 13.7. The molecular formula is C24H33ClN2O2. The Morgan fingerprint density at radius 2 is 1.69 bits per heavy atom. The Morgan fingerprint density at radius 1 is 1.03 bits per heavy atom. The average Bonchev–Trinajstić information content (AvgIpc) is 2.68. The number of aryl methyl sites for hydroxylation is 1. The van der Waals surface area contributed by atoms with Gasteiger partial charge in [0.1, 0.15) is 18.5 Å². The standard InChI is InChI=1S/C24H33ClN2O2/c1-18-5-8-20(25)15-23(18)27-13-11-26(12-14-27)16-21(28)17-29-22-9-6-19(7-10-22)24(2,3)4/h5-10,15,21,28H,11-14,16-17H2,1-4H3/t21-/m0/s1. The highest BCUT2D eigenvalue weighted by Crippen LogP contribution is 2.26. The fourth-order valence-corrected chi connectivity index (χ4v) is 3.86. The Hall–Kier alpha value is -1.75. The zero-order chi connectivity index (χ0) is 21.0. The third kappa shape index (κ3) is 6.11. The smallest absolute Gasteiger partial charge is 0.119 e. The van der Waals surface area contributed by atoms with Gasteiger partial charge in [-0.25, -0.2) is 0 Å². The molecule has 3 rings (SSSR count). The summed E-state index contributed by atoms with van der Waals surface area (Å²) in [6.45, 7) is 13.3. The lowest BCUT2D eigenvalue weighted by Crippen LogP contribution is -2.49. The number of piperazine rings is 1. The molecule has 0 saturated carbocycles. The zero-order valence-electron chi connectivity index (χ0n) is 18.0. The third-order valence-electron chi connectivity index (χ3n) is 5.52. The minimum absolute atomic E-state index is 0.129. The first kappa shape index (κ1) is 21.9. The minimum atomic E-state index is -0.503. The van der Waals surface area contributed by atoms with Gasteiger partial charge >= 0.3 is 0 Å². The molecule has 0 aliphatic carbocycles. The van der Waals surface area contributed by atoms with Crippen molar-refractivity contribution in [2.75, 3.05) is 44.2 Å². The molecule has 2 aromatic rings. The molecule has 158 valence electrons. The lowest BCUT2D eigenvalue weighted by molar-refractivity contribution is 0.0663. The molecule has 1 N–H and O–H groups in total. The summed E-state index contributed by atoms with van der Waals surface area (Å²) >= 11 is 6.17. The second kappa shape index (κ2) is 9.38. The van der Waals surface area contributed by atoms with Crippen LogP contribution in [0.25, 0.3) is 0 Å². The molecule has 1 atom stereocenters. The van der Waals surface area contributed by atoms with E-state index >= 15 is 0 Å². The Bertz CT molecular complexity index is 794. The highest BCUT2D eigenvalue weighted by Gasteiger charge is 2.21. The van der Waals surface area contributed by atoms with Crippen molar-refractivity contribution in [3.8, 4) is 5.75 Å². The molecule has 0 bridgehead atoms. The van der Waals surface area contributed by atoms with E-state index in [1.54, 1.807) is 0 Å². The predicted octanol–water partition coefficient (Wildman–Crippen LogP) is 4.51. The number of aliphatic hydroxyl groups is 1. The topological polar surface area (TPSA) is 35.9 Å². The number of β-amino-alcohol motifs (C(OH)–C–C–N with tert-alkyl or cyclic N) is 1. The van der Waals surface area contributed by atoms with Crippen molar-refractivity contribution >= 4 is 17.3 Å². The summed E-state index contributed by atoms with van der Waals surface area (Å²) in [5.41, 5.74) is 3.86. The van der Waals surface area contributed by atoms with Crippen molar-refractivity contribution in [1.82, 2.24) is 4.90 Å². The monoisotopic (exact) mass is 416 g/mol. The van der Waals surface area contributed by atoms with E-state index in [-0.39, 0.29) is 5.41 Å². The molecule has 0 radical (unpaired) electrons. The van der Waals surface area contributed by atoms with Crippen molar-refractivity contribution in [2.24, 2.45) is 0 Å². The molecular weight excluding hydrogens is 384 g/mol. The SMILES string of the molecule is Cc1ccc(Cl)cc1N1CCN(C[C@H](O)COc2ccc(C(C)(C)C)cc2)CC1. The maximum Gasteiger partial charge on any atom is 0.119 e. The number of benzene rings is 2. The summed E-state index contributed by atoms with van der Waals surface area (Å²) in [7, 11) is 0. The Kier molecular flexibility index (Phi) is 7.10. The normalized spacial score (nSPS) is 16.7. The van der Waals surface area contributed by atoms with Gasteiger partial charge < -0.3 is 14.7 Å². The van der Waals surface area contributed by atoms with E-state index in [1.807, 2.05) is 24.3 Å². The Balaban J connectivity index is 1.44. The molecule has 1 aliphatic rings. The lowest BCUT2D eigenvalue weighted by Gasteiger charge is -2.37. The van der Waals surface area contributed by atoms with Crippen LogP contribution in [0.4, 0.5) is 5.69 Å². The van der Waals surface area contributed by atoms with E-state index in [0.29, 0.717) is 13.2 Å². The predicted molar refractivity (Wildman–Crippen MR) is 121 cm³/mol. The number of nitrogens with zero attached hydrogens (tertiary/aromatic N) is 2. The van der Waals surface area contributed by atoms with Crippen LogP contribution in [0.3, 0.4) is 0 Å². The Labute approximate surface area is 180 Å². The van der Waals surface area contributed by atoms with E-state index in [4.69, 9.17) is 16.3 Å². The van der Waals surface area contributed by atoms with Gasteiger partial charge in [0.15, 0.2) is 0 Å². The van der Waals surface area contributed by atoms with Gasteiger partial charge in [-0.1, -0.05) is 50.6 Å². The van der Waals surface area contributed by atoms with Gasteiger partial charge in [0.2, 0.25) is 0 Å². The molecule has 2 aromatic carbocycles. The summed E-state index contributed by atoms with van der Waals surface area (Å²) in [4.78, 5) is 4.67. The first-order valence-corrected chi connectivity index (χ1v) is 10.7. The molecule has 0 spiro atoms. The zero-order valence-corrected chi connectivity index (χ0v) is 18.7. The van der Waals surface area contributed by atoms with Crippen LogP contribution in [0.15, 0.2) is 42.5 Å². The summed E-state index contributed by atoms with van der Waals surface area (Å²) in [5.74, 6) is 0.804. The first-order valence-electron chi connectivity index (χ1n) is 10.4. The molecule has 0 unspecified atom stereocenters. The highest BCUT2D eigenvalue weighted by molar-refractivity contribution is 6.30. The van der Waals surface area contributed by atoms with Crippen LogP contribution in [0.2, 0.25) is 5.02 Å². The number of halogens is 1. The van der Waals surface area contributed by atoms with Crippen LogP contribution in [0.1, 0.15) is 31.9 Å². The van der Waals surface area contributed by atoms with Gasteiger partial charge in [0.05, 0.1) is 0 Å². The van der Waals surface area contributed by atoms with Gasteiger partial charge in [-0.15, -0.1) is 0 Å².